The van der Waals surface area contributed by atoms with Gasteiger partial charge in [0.25, 0.3) is 0 Å². The molecule has 1 aromatic rings. The van der Waals surface area contributed by atoms with Gasteiger partial charge in [0.05, 0.1) is 13.2 Å². The Labute approximate surface area is 94.5 Å². The molecule has 80 valence electrons. The number of nitrogens with two attached hydrogens (primary N) is 1. The van der Waals surface area contributed by atoms with Gasteiger partial charge in [-0.15, -0.1) is 12.3 Å². The highest BCUT2D eigenvalue weighted by Crippen LogP contribution is 2.29. The van der Waals surface area contributed by atoms with E-state index in [9.17, 15) is 0 Å². The number of ether oxygens (including phenoxy) is 1. The number of benzene rings is 1. The monoisotopic (exact) mass is 224 g/mol. The van der Waals surface area contributed by atoms with Crippen molar-refractivity contribution in [3.8, 4) is 18.1 Å². The summed E-state index contributed by atoms with van der Waals surface area (Å²) in [7, 11) is 1.59. The summed E-state index contributed by atoms with van der Waals surface area (Å²) in [5, 5.41) is 0.628. The van der Waals surface area contributed by atoms with Crippen LogP contribution in [0.1, 0.15) is 18.0 Å². The summed E-state index contributed by atoms with van der Waals surface area (Å²) in [5.74, 6) is 8.69. The van der Waals surface area contributed by atoms with Crippen LogP contribution in [-0.2, 0) is 0 Å². The normalized spacial score (nSPS) is 11.9. The molecule has 0 amide bonds. The molecule has 0 saturated carbocycles. The first kappa shape index (κ1) is 11.9. The Morgan fingerprint density at radius 2 is 2.40 bits per heavy atom. The highest BCUT2D eigenvalue weighted by molar-refractivity contribution is 6.30. The van der Waals surface area contributed by atoms with Crippen LogP contribution in [0.5, 0.6) is 5.75 Å². The van der Waals surface area contributed by atoms with Crippen LogP contribution >= 0.6 is 11.6 Å². The van der Waals surface area contributed by atoms with Gasteiger partial charge in [0, 0.05) is 17.0 Å². The van der Waals surface area contributed by atoms with Gasteiger partial charge in [0.2, 0.25) is 0 Å². The molecule has 0 aliphatic heterocycles. The fraction of sp³-hybridized carbons (Fsp3) is 0.273. The van der Waals surface area contributed by atoms with Crippen molar-refractivity contribution < 1.29 is 4.74 Å². The van der Waals surface area contributed by atoms with Crippen LogP contribution in [0.4, 0.5) is 0 Å². The van der Waals surface area contributed by atoms with Gasteiger partial charge >= 0.3 is 0 Å². The van der Waals surface area contributed by atoms with Gasteiger partial charge in [-0.25, -0.2) is 0 Å². The summed E-state index contributed by atoms with van der Waals surface area (Å²) in [6.07, 6.45) is 5.73. The third-order valence-corrected chi connectivity index (χ3v) is 2.33. The van der Waals surface area contributed by atoms with E-state index in [4.69, 9.17) is 28.6 Å². The Balaban J connectivity index is 3.09. The third kappa shape index (κ3) is 2.87. The molecule has 0 aliphatic carbocycles. The van der Waals surface area contributed by atoms with Crippen LogP contribution in [0.15, 0.2) is 18.2 Å². The maximum atomic E-state index is 5.90. The zero-order chi connectivity index (χ0) is 11.3. The highest BCUT2D eigenvalue weighted by atomic mass is 35.5. The zero-order valence-corrected chi connectivity index (χ0v) is 9.21. The van der Waals surface area contributed by atoms with E-state index in [1.165, 1.54) is 0 Å². The van der Waals surface area contributed by atoms with Crippen molar-refractivity contribution in [2.24, 2.45) is 5.84 Å². The molecule has 4 heteroatoms. The molecule has 3 N–H and O–H groups in total. The van der Waals surface area contributed by atoms with Crippen LogP contribution < -0.4 is 16.0 Å². The minimum atomic E-state index is -0.149. The Morgan fingerprint density at radius 3 is 2.93 bits per heavy atom. The van der Waals surface area contributed by atoms with Crippen molar-refractivity contribution in [1.29, 1.82) is 0 Å². The van der Waals surface area contributed by atoms with Crippen LogP contribution in [-0.4, -0.2) is 7.11 Å². The first-order valence-electron chi connectivity index (χ1n) is 4.46. The number of rotatable bonds is 4. The number of hydrogen-bond acceptors (Lipinski definition) is 3. The van der Waals surface area contributed by atoms with E-state index in [1.54, 1.807) is 25.3 Å². The van der Waals surface area contributed by atoms with Crippen LogP contribution in [0.25, 0.3) is 0 Å². The molecule has 0 bridgehead atoms. The fourth-order valence-electron chi connectivity index (χ4n) is 1.35. The lowest BCUT2D eigenvalue weighted by Crippen LogP contribution is -2.28. The summed E-state index contributed by atoms with van der Waals surface area (Å²) in [6.45, 7) is 0. The number of hydrogen-bond donors (Lipinski definition) is 2. The average molecular weight is 225 g/mol. The van der Waals surface area contributed by atoms with Crippen LogP contribution in [0.2, 0.25) is 5.02 Å². The third-order valence-electron chi connectivity index (χ3n) is 2.09. The lowest BCUT2D eigenvalue weighted by atomic mass is 10.0. The predicted molar refractivity (Wildman–Crippen MR) is 61.5 cm³/mol. The SMILES string of the molecule is C#CCC(NN)c1cc(Cl)ccc1OC. The van der Waals surface area contributed by atoms with Gasteiger partial charge in [0.1, 0.15) is 5.75 Å². The van der Waals surface area contributed by atoms with Crippen molar-refractivity contribution in [3.63, 3.8) is 0 Å². The maximum absolute atomic E-state index is 5.90. The minimum absolute atomic E-state index is 0.149. The molecular weight excluding hydrogens is 212 g/mol. The molecule has 1 unspecified atom stereocenters. The van der Waals surface area contributed by atoms with Gasteiger partial charge < -0.3 is 4.74 Å². The van der Waals surface area contributed by atoms with E-state index >= 15 is 0 Å². The van der Waals surface area contributed by atoms with Crippen molar-refractivity contribution in [3.05, 3.63) is 28.8 Å². The van der Waals surface area contributed by atoms with Crippen molar-refractivity contribution in [2.75, 3.05) is 7.11 Å². The molecule has 0 radical (unpaired) electrons. The number of terminal acetylenes is 1. The molecule has 0 aromatic heterocycles. The van der Waals surface area contributed by atoms with Gasteiger partial charge in [-0.2, -0.15) is 0 Å². The summed E-state index contributed by atoms with van der Waals surface area (Å²) in [5.41, 5.74) is 3.51. The second-order valence-corrected chi connectivity index (χ2v) is 3.45. The molecule has 3 nitrogen and oxygen atoms in total. The second-order valence-electron chi connectivity index (χ2n) is 3.01. The van der Waals surface area contributed by atoms with E-state index in [0.29, 0.717) is 11.4 Å². The first-order valence-corrected chi connectivity index (χ1v) is 4.83. The molecule has 15 heavy (non-hydrogen) atoms. The molecule has 1 aromatic carbocycles. The summed E-state index contributed by atoms with van der Waals surface area (Å²) in [6, 6.07) is 5.19. The van der Waals surface area contributed by atoms with Crippen molar-refractivity contribution >= 4 is 11.6 Å². The average Bonchev–Trinajstić information content (AvgIpc) is 2.26. The van der Waals surface area contributed by atoms with E-state index in [0.717, 1.165) is 11.3 Å². The molecule has 0 spiro atoms. The Morgan fingerprint density at radius 1 is 1.67 bits per heavy atom. The topological polar surface area (TPSA) is 47.3 Å². The van der Waals surface area contributed by atoms with Crippen LogP contribution in [0.3, 0.4) is 0 Å². The van der Waals surface area contributed by atoms with Gasteiger partial charge in [-0.05, 0) is 18.2 Å². The molecule has 0 aliphatic rings. The number of halogens is 1. The van der Waals surface area contributed by atoms with E-state index in [-0.39, 0.29) is 6.04 Å². The Bertz CT molecular complexity index is 373. The summed E-state index contributed by atoms with van der Waals surface area (Å²) < 4.78 is 5.21. The highest BCUT2D eigenvalue weighted by Gasteiger charge is 2.14. The molecule has 0 fully saturated rings. The molecular formula is C11H13ClN2O. The molecule has 1 atom stereocenters. The summed E-state index contributed by atoms with van der Waals surface area (Å²) >= 11 is 5.90. The maximum Gasteiger partial charge on any atom is 0.123 e. The van der Waals surface area contributed by atoms with Crippen LogP contribution in [0, 0.1) is 12.3 Å². The molecule has 0 heterocycles. The second kappa shape index (κ2) is 5.62. The van der Waals surface area contributed by atoms with Crippen molar-refractivity contribution in [2.45, 2.75) is 12.5 Å². The number of nitrogens with one attached hydrogen (secondary N) is 1. The van der Waals surface area contributed by atoms with Gasteiger partial charge in [-0.3, -0.25) is 11.3 Å². The van der Waals surface area contributed by atoms with E-state index < -0.39 is 0 Å². The van der Waals surface area contributed by atoms with Crippen molar-refractivity contribution in [1.82, 2.24) is 5.43 Å². The van der Waals surface area contributed by atoms with E-state index in [1.807, 2.05) is 0 Å². The fourth-order valence-corrected chi connectivity index (χ4v) is 1.53. The quantitative estimate of drug-likeness (QED) is 0.466. The minimum Gasteiger partial charge on any atom is -0.496 e. The standard InChI is InChI=1S/C11H13ClN2O/c1-3-4-10(14-13)9-7-8(12)5-6-11(9)15-2/h1,5-7,10,14H,4,13H2,2H3. The van der Waals surface area contributed by atoms with E-state index in [2.05, 4.69) is 11.3 Å². The lowest BCUT2D eigenvalue weighted by molar-refractivity contribution is 0.400. The summed E-state index contributed by atoms with van der Waals surface area (Å²) in [4.78, 5) is 0. The smallest absolute Gasteiger partial charge is 0.123 e. The Hall–Kier alpha value is -1.21. The molecule has 1 rings (SSSR count). The van der Waals surface area contributed by atoms with Gasteiger partial charge in [-0.1, -0.05) is 11.6 Å². The first-order chi connectivity index (χ1) is 7.22. The van der Waals surface area contributed by atoms with Gasteiger partial charge in [0.15, 0.2) is 0 Å². The number of hydrazine groups is 1. The zero-order valence-electron chi connectivity index (χ0n) is 8.46. The lowest BCUT2D eigenvalue weighted by Gasteiger charge is -2.17. The molecule has 0 saturated heterocycles. The number of methoxy groups -OCH3 is 1. The predicted octanol–water partition coefficient (Wildman–Crippen LogP) is 1.88. The Kier molecular flexibility index (Phi) is 4.44. The largest absolute Gasteiger partial charge is 0.496 e.